The third-order valence-corrected chi connectivity index (χ3v) is 7.40. The summed E-state index contributed by atoms with van der Waals surface area (Å²) >= 11 is 6.52. The van der Waals surface area contributed by atoms with E-state index in [1.165, 1.54) is 34.7 Å². The van der Waals surface area contributed by atoms with Crippen LogP contribution in [0.15, 0.2) is 47.7 Å². The number of fused-ring (bicyclic) bond motifs is 1. The van der Waals surface area contributed by atoms with E-state index >= 15 is 0 Å². The van der Waals surface area contributed by atoms with Gasteiger partial charge in [-0.1, -0.05) is 24.1 Å². The van der Waals surface area contributed by atoms with Gasteiger partial charge >= 0.3 is 0 Å². The third kappa shape index (κ3) is 4.76. The Morgan fingerprint density at radius 2 is 1.85 bits per heavy atom. The molecule has 0 bridgehead atoms. The fourth-order valence-electron chi connectivity index (χ4n) is 5.05. The first-order chi connectivity index (χ1) is 16.4. The average Bonchev–Trinajstić information content (AvgIpc) is 3.32. The Kier molecular flexibility index (Phi) is 6.46. The zero-order valence-corrected chi connectivity index (χ0v) is 20.0. The van der Waals surface area contributed by atoms with Crippen molar-refractivity contribution in [1.82, 2.24) is 24.0 Å². The lowest BCUT2D eigenvalue weighted by Crippen LogP contribution is -2.49. The minimum Gasteiger partial charge on any atom is -0.388 e. The molecule has 4 heterocycles. The SMILES string of the molecule is O=C(c1ccc(CN2CCCCC2)cc1Cl)N1CCC(O)(Cn2cnn3cccc3c2=O)CC1. The number of aliphatic hydroxyl groups is 1. The van der Waals surface area contributed by atoms with E-state index < -0.39 is 5.60 Å². The van der Waals surface area contributed by atoms with E-state index in [4.69, 9.17) is 11.6 Å². The molecular formula is C25H30ClN5O3. The first-order valence-corrected chi connectivity index (χ1v) is 12.3. The summed E-state index contributed by atoms with van der Waals surface area (Å²) in [4.78, 5) is 30.0. The van der Waals surface area contributed by atoms with Crippen LogP contribution in [0, 0.1) is 0 Å². The molecule has 0 saturated carbocycles. The van der Waals surface area contributed by atoms with Crippen molar-refractivity contribution in [3.8, 4) is 0 Å². The molecule has 1 aromatic carbocycles. The summed E-state index contributed by atoms with van der Waals surface area (Å²) in [6.07, 6.45) is 7.69. The third-order valence-electron chi connectivity index (χ3n) is 7.09. The first kappa shape index (κ1) is 23.1. The molecule has 0 aliphatic carbocycles. The minimum absolute atomic E-state index is 0.120. The lowest BCUT2D eigenvalue weighted by molar-refractivity contribution is -0.0300. The highest BCUT2D eigenvalue weighted by Crippen LogP contribution is 2.27. The van der Waals surface area contributed by atoms with Crippen LogP contribution in [-0.4, -0.2) is 66.8 Å². The Labute approximate surface area is 203 Å². The van der Waals surface area contributed by atoms with Gasteiger partial charge in [-0.2, -0.15) is 5.10 Å². The smallest absolute Gasteiger partial charge is 0.277 e. The van der Waals surface area contributed by atoms with Crippen molar-refractivity contribution >= 4 is 23.0 Å². The van der Waals surface area contributed by atoms with Crippen LogP contribution in [0.1, 0.15) is 48.0 Å². The fourth-order valence-corrected chi connectivity index (χ4v) is 5.33. The number of aromatic nitrogens is 3. The maximum Gasteiger partial charge on any atom is 0.277 e. The van der Waals surface area contributed by atoms with Crippen molar-refractivity contribution in [1.29, 1.82) is 0 Å². The molecule has 8 nitrogen and oxygen atoms in total. The molecule has 0 radical (unpaired) electrons. The highest BCUT2D eigenvalue weighted by molar-refractivity contribution is 6.33. The van der Waals surface area contributed by atoms with Crippen LogP contribution >= 0.6 is 11.6 Å². The summed E-state index contributed by atoms with van der Waals surface area (Å²) in [6, 6.07) is 9.19. The van der Waals surface area contributed by atoms with Gasteiger partial charge in [-0.05, 0) is 68.6 Å². The largest absolute Gasteiger partial charge is 0.388 e. The number of amides is 1. The second-order valence-electron chi connectivity index (χ2n) is 9.57. The molecule has 0 unspecified atom stereocenters. The topological polar surface area (TPSA) is 83.1 Å². The molecule has 2 fully saturated rings. The molecular weight excluding hydrogens is 454 g/mol. The van der Waals surface area contributed by atoms with Crippen molar-refractivity contribution in [3.63, 3.8) is 0 Å². The number of carbonyl (C=O) groups is 1. The molecule has 9 heteroatoms. The van der Waals surface area contributed by atoms with Crippen molar-refractivity contribution < 1.29 is 9.90 Å². The zero-order chi connectivity index (χ0) is 23.7. The van der Waals surface area contributed by atoms with E-state index in [2.05, 4.69) is 10.00 Å². The normalized spacial score (nSPS) is 18.9. The molecule has 0 spiro atoms. The van der Waals surface area contributed by atoms with E-state index in [1.54, 1.807) is 23.2 Å². The molecule has 1 amide bonds. The van der Waals surface area contributed by atoms with Gasteiger partial charge in [-0.15, -0.1) is 0 Å². The molecule has 1 N–H and O–H groups in total. The van der Waals surface area contributed by atoms with Gasteiger partial charge in [0.05, 0.1) is 22.7 Å². The lowest BCUT2D eigenvalue weighted by Gasteiger charge is -2.38. The fraction of sp³-hybridized carbons (Fsp3) is 0.480. The predicted octanol–water partition coefficient (Wildman–Crippen LogP) is 2.80. The lowest BCUT2D eigenvalue weighted by atomic mass is 9.91. The van der Waals surface area contributed by atoms with Crippen molar-refractivity contribution in [2.24, 2.45) is 0 Å². The first-order valence-electron chi connectivity index (χ1n) is 12.0. The molecule has 5 rings (SSSR count). The summed E-state index contributed by atoms with van der Waals surface area (Å²) in [7, 11) is 0. The Bertz CT molecular complexity index is 1240. The van der Waals surface area contributed by atoms with Gasteiger partial charge in [-0.25, -0.2) is 4.52 Å². The van der Waals surface area contributed by atoms with Crippen LogP contribution < -0.4 is 5.56 Å². The minimum atomic E-state index is -1.07. The monoisotopic (exact) mass is 483 g/mol. The Morgan fingerprint density at radius 3 is 2.59 bits per heavy atom. The maximum absolute atomic E-state index is 13.1. The van der Waals surface area contributed by atoms with Gasteiger partial charge in [0.25, 0.3) is 11.5 Å². The zero-order valence-electron chi connectivity index (χ0n) is 19.2. The number of carbonyl (C=O) groups excluding carboxylic acids is 1. The van der Waals surface area contributed by atoms with E-state index in [1.807, 2.05) is 18.2 Å². The van der Waals surface area contributed by atoms with E-state index in [9.17, 15) is 14.7 Å². The van der Waals surface area contributed by atoms with E-state index in [0.29, 0.717) is 42.0 Å². The molecule has 180 valence electrons. The highest BCUT2D eigenvalue weighted by Gasteiger charge is 2.35. The van der Waals surface area contributed by atoms with Crippen molar-refractivity contribution in [2.75, 3.05) is 26.2 Å². The molecule has 3 aromatic rings. The van der Waals surface area contributed by atoms with Crippen LogP contribution in [0.25, 0.3) is 5.52 Å². The number of piperidine rings is 2. The summed E-state index contributed by atoms with van der Waals surface area (Å²) < 4.78 is 2.97. The number of rotatable bonds is 5. The molecule has 2 aromatic heterocycles. The van der Waals surface area contributed by atoms with Crippen molar-refractivity contribution in [3.05, 3.63) is 69.4 Å². The Morgan fingerprint density at radius 1 is 1.09 bits per heavy atom. The van der Waals surface area contributed by atoms with Gasteiger partial charge in [-0.3, -0.25) is 19.1 Å². The predicted molar refractivity (Wildman–Crippen MR) is 130 cm³/mol. The Hall–Kier alpha value is -2.68. The second kappa shape index (κ2) is 9.52. The molecule has 2 aliphatic heterocycles. The van der Waals surface area contributed by atoms with Crippen molar-refractivity contribution in [2.45, 2.75) is 50.8 Å². The molecule has 2 aliphatic rings. The molecule has 2 saturated heterocycles. The summed E-state index contributed by atoms with van der Waals surface area (Å²) in [5.74, 6) is -0.120. The van der Waals surface area contributed by atoms with Crippen LogP contribution in [-0.2, 0) is 13.1 Å². The highest BCUT2D eigenvalue weighted by atomic mass is 35.5. The quantitative estimate of drug-likeness (QED) is 0.603. The maximum atomic E-state index is 13.1. The van der Waals surface area contributed by atoms with Crippen LogP contribution in [0.5, 0.6) is 0 Å². The number of hydrogen-bond acceptors (Lipinski definition) is 5. The van der Waals surface area contributed by atoms with Gasteiger partial charge in [0, 0.05) is 25.8 Å². The number of likely N-dealkylation sites (tertiary alicyclic amines) is 2. The van der Waals surface area contributed by atoms with E-state index in [-0.39, 0.29) is 18.0 Å². The number of halogens is 1. The Balaban J connectivity index is 1.22. The number of hydrogen-bond donors (Lipinski definition) is 1. The van der Waals surface area contributed by atoms with E-state index in [0.717, 1.165) is 25.2 Å². The van der Waals surface area contributed by atoms with Gasteiger partial charge in [0.2, 0.25) is 0 Å². The van der Waals surface area contributed by atoms with Gasteiger partial charge in [0.1, 0.15) is 11.8 Å². The van der Waals surface area contributed by atoms with Crippen LogP contribution in [0.3, 0.4) is 0 Å². The summed E-state index contributed by atoms with van der Waals surface area (Å²) in [5, 5.41) is 15.8. The number of nitrogens with zero attached hydrogens (tertiary/aromatic N) is 5. The standard InChI is InChI=1S/C25H30ClN5O3/c26-21-15-19(16-28-10-2-1-3-11-28)6-7-20(21)23(32)29-13-8-25(34,9-14-29)17-30-18-27-31-12-4-5-22(31)24(30)33/h4-7,12,15,18,34H,1-3,8-11,13-14,16-17H2. The number of benzene rings is 1. The summed E-state index contributed by atoms with van der Waals surface area (Å²) in [6.45, 7) is 4.02. The second-order valence-corrected chi connectivity index (χ2v) is 9.98. The summed E-state index contributed by atoms with van der Waals surface area (Å²) in [5.41, 5.74) is 0.819. The van der Waals surface area contributed by atoms with Crippen LogP contribution in [0.2, 0.25) is 5.02 Å². The van der Waals surface area contributed by atoms with Crippen LogP contribution in [0.4, 0.5) is 0 Å². The molecule has 34 heavy (non-hydrogen) atoms. The molecule has 0 atom stereocenters. The average molecular weight is 484 g/mol. The van der Waals surface area contributed by atoms with Gasteiger partial charge in [0.15, 0.2) is 0 Å². The van der Waals surface area contributed by atoms with Gasteiger partial charge < -0.3 is 10.0 Å².